The average molecular weight is 414 g/mol. The third-order valence-corrected chi connectivity index (χ3v) is 4.36. The molecule has 1 fully saturated rings. The van der Waals surface area contributed by atoms with Crippen LogP contribution < -0.4 is 4.90 Å². The topological polar surface area (TPSA) is 78.9 Å². The highest BCUT2D eigenvalue weighted by molar-refractivity contribution is 5.47. The number of benzene rings is 1. The van der Waals surface area contributed by atoms with E-state index in [1.165, 1.54) is 0 Å². The Kier molecular flexibility index (Phi) is 13.7. The lowest BCUT2D eigenvalue weighted by Gasteiger charge is -2.25. The molecule has 1 aliphatic heterocycles. The molecule has 2 rings (SSSR count). The van der Waals surface area contributed by atoms with Crippen molar-refractivity contribution in [1.82, 2.24) is 0 Å². The highest BCUT2D eigenvalue weighted by Crippen LogP contribution is 2.15. The summed E-state index contributed by atoms with van der Waals surface area (Å²) in [5.74, 6) is 0. The van der Waals surface area contributed by atoms with E-state index in [4.69, 9.17) is 28.4 Å². The first-order valence-electron chi connectivity index (χ1n) is 10.3. The molecule has 29 heavy (non-hydrogen) atoms. The van der Waals surface area contributed by atoms with Gasteiger partial charge in [0.05, 0.1) is 85.9 Å². The molecule has 1 heterocycles. The molecule has 1 N–H and O–H groups in total. The van der Waals surface area contributed by atoms with Crippen LogP contribution in [-0.4, -0.2) is 97.5 Å². The fourth-order valence-corrected chi connectivity index (χ4v) is 2.73. The van der Waals surface area contributed by atoms with Crippen LogP contribution in [0.5, 0.6) is 0 Å². The molecule has 0 bridgehead atoms. The lowest BCUT2D eigenvalue weighted by Crippen LogP contribution is -2.31. The van der Waals surface area contributed by atoms with Crippen molar-refractivity contribution in [2.45, 2.75) is 6.61 Å². The summed E-state index contributed by atoms with van der Waals surface area (Å²) in [4.78, 5) is 2.22. The first-order chi connectivity index (χ1) is 14.4. The van der Waals surface area contributed by atoms with E-state index in [-0.39, 0.29) is 6.61 Å². The predicted molar refractivity (Wildman–Crippen MR) is 109 cm³/mol. The van der Waals surface area contributed by atoms with Crippen LogP contribution in [0.15, 0.2) is 24.3 Å². The maximum absolute atomic E-state index is 9.23. The number of hydrogen-bond acceptors (Lipinski definition) is 8. The van der Waals surface area contributed by atoms with Gasteiger partial charge in [0, 0.05) is 18.8 Å². The zero-order chi connectivity index (χ0) is 20.4. The third kappa shape index (κ3) is 11.5. The van der Waals surface area contributed by atoms with E-state index >= 15 is 0 Å². The predicted octanol–water partition coefficient (Wildman–Crippen LogP) is 1.10. The third-order valence-electron chi connectivity index (χ3n) is 4.36. The van der Waals surface area contributed by atoms with Crippen LogP contribution in [0.4, 0.5) is 5.69 Å². The van der Waals surface area contributed by atoms with Crippen molar-refractivity contribution < 1.29 is 33.5 Å². The van der Waals surface area contributed by atoms with Gasteiger partial charge >= 0.3 is 0 Å². The molecular weight excluding hydrogens is 378 g/mol. The minimum Gasteiger partial charge on any atom is -0.392 e. The van der Waals surface area contributed by atoms with Gasteiger partial charge in [0.1, 0.15) is 0 Å². The molecular formula is C21H35NO7. The summed E-state index contributed by atoms with van der Waals surface area (Å²) in [6, 6.07) is 7.89. The Bertz CT molecular complexity index is 478. The standard InChI is InChI=1S/C21H35NO7/c23-19-20-1-3-21(4-2-20)22-5-7-24-9-11-26-13-15-28-17-18-29-16-14-27-12-10-25-8-6-22/h1-4,23H,5-19H2. The van der Waals surface area contributed by atoms with Crippen molar-refractivity contribution in [1.29, 1.82) is 0 Å². The Hall–Kier alpha value is -1.26. The summed E-state index contributed by atoms with van der Waals surface area (Å²) in [6.07, 6.45) is 0. The minimum absolute atomic E-state index is 0.0442. The first kappa shape index (κ1) is 24.0. The smallest absolute Gasteiger partial charge is 0.0701 e. The molecule has 0 aromatic heterocycles. The van der Waals surface area contributed by atoms with Gasteiger partial charge < -0.3 is 38.4 Å². The molecule has 0 aliphatic carbocycles. The van der Waals surface area contributed by atoms with Gasteiger partial charge in [0.2, 0.25) is 0 Å². The monoisotopic (exact) mass is 413 g/mol. The summed E-state index contributed by atoms with van der Waals surface area (Å²) < 4.78 is 33.3. The van der Waals surface area contributed by atoms with Gasteiger partial charge in [-0.1, -0.05) is 12.1 Å². The van der Waals surface area contributed by atoms with Crippen molar-refractivity contribution in [3.63, 3.8) is 0 Å². The second-order valence-electron chi connectivity index (χ2n) is 6.49. The lowest BCUT2D eigenvalue weighted by molar-refractivity contribution is -0.0152. The molecule has 0 saturated carbocycles. The van der Waals surface area contributed by atoms with Crippen LogP contribution >= 0.6 is 0 Å². The molecule has 0 atom stereocenters. The maximum atomic E-state index is 9.23. The zero-order valence-corrected chi connectivity index (χ0v) is 17.3. The molecule has 166 valence electrons. The van der Waals surface area contributed by atoms with Crippen LogP contribution in [0.1, 0.15) is 5.56 Å². The number of hydrogen-bond donors (Lipinski definition) is 1. The number of aliphatic hydroxyl groups excluding tert-OH is 1. The summed E-state index contributed by atoms with van der Waals surface area (Å²) in [6.45, 7) is 8.24. The Morgan fingerprint density at radius 3 is 1.24 bits per heavy atom. The van der Waals surface area contributed by atoms with Gasteiger partial charge in [-0.3, -0.25) is 0 Å². The molecule has 1 aliphatic rings. The molecule has 8 heteroatoms. The van der Waals surface area contributed by atoms with Gasteiger partial charge in [-0.25, -0.2) is 0 Å². The number of nitrogens with zero attached hydrogens (tertiary/aromatic N) is 1. The van der Waals surface area contributed by atoms with E-state index in [9.17, 15) is 5.11 Å². The van der Waals surface area contributed by atoms with Crippen molar-refractivity contribution >= 4 is 5.69 Å². The van der Waals surface area contributed by atoms with Gasteiger partial charge in [-0.05, 0) is 17.7 Å². The Balaban J connectivity index is 1.78. The van der Waals surface area contributed by atoms with Crippen LogP contribution in [0, 0.1) is 0 Å². The molecule has 0 spiro atoms. The average Bonchev–Trinajstić information content (AvgIpc) is 2.76. The van der Waals surface area contributed by atoms with E-state index in [1.54, 1.807) is 0 Å². The second-order valence-corrected chi connectivity index (χ2v) is 6.49. The normalized spacial score (nSPS) is 20.7. The number of rotatable bonds is 2. The Morgan fingerprint density at radius 2 is 0.897 bits per heavy atom. The zero-order valence-electron chi connectivity index (χ0n) is 17.3. The van der Waals surface area contributed by atoms with Gasteiger partial charge in [-0.2, -0.15) is 0 Å². The van der Waals surface area contributed by atoms with E-state index in [0.717, 1.165) is 24.3 Å². The van der Waals surface area contributed by atoms with Crippen molar-refractivity contribution in [2.24, 2.45) is 0 Å². The minimum atomic E-state index is 0.0442. The summed E-state index contributed by atoms with van der Waals surface area (Å²) in [5.41, 5.74) is 1.97. The molecule has 1 aromatic rings. The summed E-state index contributed by atoms with van der Waals surface area (Å²) in [7, 11) is 0. The van der Waals surface area contributed by atoms with Crippen LogP contribution in [0.25, 0.3) is 0 Å². The Labute approximate surface area is 173 Å². The second kappa shape index (κ2) is 16.5. The SMILES string of the molecule is OCc1ccc(N2CCOCCOCCOCCOCCOCCOCC2)cc1. The maximum Gasteiger partial charge on any atom is 0.0701 e. The van der Waals surface area contributed by atoms with E-state index in [1.807, 2.05) is 24.3 Å². The van der Waals surface area contributed by atoms with Crippen molar-refractivity contribution in [3.8, 4) is 0 Å². The molecule has 0 radical (unpaired) electrons. The highest BCUT2D eigenvalue weighted by atomic mass is 16.6. The van der Waals surface area contributed by atoms with E-state index in [0.29, 0.717) is 79.3 Å². The van der Waals surface area contributed by atoms with Crippen molar-refractivity contribution in [3.05, 3.63) is 29.8 Å². The molecule has 1 saturated heterocycles. The number of aliphatic hydroxyl groups is 1. The van der Waals surface area contributed by atoms with Crippen molar-refractivity contribution in [2.75, 3.05) is 97.3 Å². The number of ether oxygens (including phenoxy) is 6. The van der Waals surface area contributed by atoms with E-state index < -0.39 is 0 Å². The molecule has 1 aromatic carbocycles. The molecule has 8 nitrogen and oxygen atoms in total. The van der Waals surface area contributed by atoms with E-state index in [2.05, 4.69) is 4.90 Å². The van der Waals surface area contributed by atoms with Crippen LogP contribution in [0.3, 0.4) is 0 Å². The summed E-state index contributed by atoms with van der Waals surface area (Å²) >= 11 is 0. The molecule has 0 amide bonds. The fourth-order valence-electron chi connectivity index (χ4n) is 2.73. The Morgan fingerprint density at radius 1 is 0.552 bits per heavy atom. The molecule has 0 unspecified atom stereocenters. The summed E-state index contributed by atoms with van der Waals surface area (Å²) in [5, 5.41) is 9.23. The van der Waals surface area contributed by atoms with Crippen LogP contribution in [-0.2, 0) is 35.0 Å². The quantitative estimate of drug-likeness (QED) is 0.772. The van der Waals surface area contributed by atoms with Gasteiger partial charge in [0.25, 0.3) is 0 Å². The first-order valence-corrected chi connectivity index (χ1v) is 10.3. The largest absolute Gasteiger partial charge is 0.392 e. The van der Waals surface area contributed by atoms with Gasteiger partial charge in [-0.15, -0.1) is 0 Å². The lowest BCUT2D eigenvalue weighted by atomic mass is 10.2. The van der Waals surface area contributed by atoms with Crippen LogP contribution in [0.2, 0.25) is 0 Å². The number of anilines is 1. The fraction of sp³-hybridized carbons (Fsp3) is 0.714. The highest BCUT2D eigenvalue weighted by Gasteiger charge is 2.07. The van der Waals surface area contributed by atoms with Gasteiger partial charge in [0.15, 0.2) is 0 Å².